The van der Waals surface area contributed by atoms with Gasteiger partial charge in [-0.25, -0.2) is 4.98 Å². The number of nitrogens with one attached hydrogen (secondary N) is 2. The van der Waals surface area contributed by atoms with Crippen LogP contribution in [0.15, 0.2) is 5.03 Å². The molecule has 0 fully saturated rings. The fourth-order valence-corrected chi connectivity index (χ4v) is 2.87. The first-order chi connectivity index (χ1) is 8.04. The number of hydrogen-bond donors (Lipinski definition) is 3. The van der Waals surface area contributed by atoms with Gasteiger partial charge in [0.05, 0.1) is 12.0 Å². The average Bonchev–Trinajstić information content (AvgIpc) is 2.55. The summed E-state index contributed by atoms with van der Waals surface area (Å²) in [6.45, 7) is 4.16. The van der Waals surface area contributed by atoms with E-state index in [1.807, 2.05) is 13.0 Å². The second-order valence-corrected chi connectivity index (χ2v) is 5.73. The standard InChI is InChI=1S/C11H15N3O2S/c1-4-16-11(15)8-9(12)14-10-7(13-8)5-6(2)17(10)3/h5,12-13,15H,4H2,1-3H3. The van der Waals surface area contributed by atoms with Crippen LogP contribution >= 0.6 is 10.5 Å². The van der Waals surface area contributed by atoms with E-state index in [1.54, 1.807) is 6.92 Å². The van der Waals surface area contributed by atoms with Crippen LogP contribution in [0.3, 0.4) is 0 Å². The molecule has 1 aromatic rings. The summed E-state index contributed by atoms with van der Waals surface area (Å²) < 4.78 is 4.98. The maximum absolute atomic E-state index is 9.65. The lowest BCUT2D eigenvalue weighted by molar-refractivity contribution is 0.188. The van der Waals surface area contributed by atoms with Gasteiger partial charge in [0.15, 0.2) is 10.8 Å². The Hall–Kier alpha value is -1.56. The van der Waals surface area contributed by atoms with Crippen LogP contribution in [-0.4, -0.2) is 32.8 Å². The second kappa shape index (κ2) is 4.37. The third-order valence-corrected chi connectivity index (χ3v) is 4.53. The topological polar surface area (TPSA) is 82.0 Å². The summed E-state index contributed by atoms with van der Waals surface area (Å²) in [6.07, 6.45) is 4.07. The summed E-state index contributed by atoms with van der Waals surface area (Å²) in [6, 6.07) is 0. The van der Waals surface area contributed by atoms with Crippen molar-refractivity contribution in [1.82, 2.24) is 9.97 Å². The smallest absolute Gasteiger partial charge is 0.305 e. The first-order valence-corrected chi connectivity index (χ1v) is 6.90. The number of aromatic amines is 1. The molecule has 5 nitrogen and oxygen atoms in total. The molecule has 2 rings (SSSR count). The minimum absolute atomic E-state index is 0.0112. The molecule has 6 heteroatoms. The number of aromatic nitrogens is 2. The van der Waals surface area contributed by atoms with Crippen molar-refractivity contribution in [3.63, 3.8) is 0 Å². The molecule has 3 N–H and O–H groups in total. The van der Waals surface area contributed by atoms with Crippen LogP contribution in [0.5, 0.6) is 0 Å². The van der Waals surface area contributed by atoms with E-state index >= 15 is 0 Å². The van der Waals surface area contributed by atoms with E-state index < -0.39 is 0 Å². The van der Waals surface area contributed by atoms with Crippen molar-refractivity contribution in [3.05, 3.63) is 16.2 Å². The lowest BCUT2D eigenvalue weighted by Crippen LogP contribution is -2.39. The van der Waals surface area contributed by atoms with Gasteiger partial charge in [-0.15, -0.1) is 10.5 Å². The fraction of sp³-hybridized carbons (Fsp3) is 0.364. The van der Waals surface area contributed by atoms with Crippen LogP contribution < -0.4 is 16.2 Å². The number of fused-ring (bicyclic) bond motifs is 1. The molecule has 92 valence electrons. The maximum Gasteiger partial charge on any atom is 0.305 e. The Kier molecular flexibility index (Phi) is 3.06. The number of ether oxygens (including phenoxy) is 1. The second-order valence-electron chi connectivity index (χ2n) is 3.68. The molecule has 0 aliphatic carbocycles. The molecule has 0 radical (unpaired) electrons. The highest BCUT2D eigenvalue weighted by Gasteiger charge is 2.11. The predicted octanol–water partition coefficient (Wildman–Crippen LogP) is -0.207. The fourth-order valence-electron chi connectivity index (χ4n) is 1.60. The molecule has 1 atom stereocenters. The van der Waals surface area contributed by atoms with Crippen molar-refractivity contribution in [2.24, 2.45) is 0 Å². The highest BCUT2D eigenvalue weighted by Crippen LogP contribution is 2.21. The van der Waals surface area contributed by atoms with Gasteiger partial charge in [-0.1, -0.05) is 0 Å². The summed E-state index contributed by atoms with van der Waals surface area (Å²) in [7, 11) is -0.0610. The van der Waals surface area contributed by atoms with E-state index in [1.165, 1.54) is 4.86 Å². The van der Waals surface area contributed by atoms with Crippen LogP contribution in [0.4, 0.5) is 0 Å². The third kappa shape index (κ3) is 2.00. The van der Waals surface area contributed by atoms with Gasteiger partial charge in [-0.2, -0.15) is 0 Å². The lowest BCUT2D eigenvalue weighted by atomic mass is 10.4. The molecule has 0 spiro atoms. The van der Waals surface area contributed by atoms with Crippen molar-refractivity contribution in [2.75, 3.05) is 12.9 Å². The molecule has 1 aromatic heterocycles. The molecule has 0 amide bonds. The molecule has 17 heavy (non-hydrogen) atoms. The Bertz CT molecular complexity index is 673. The van der Waals surface area contributed by atoms with Crippen molar-refractivity contribution in [3.8, 4) is 0 Å². The summed E-state index contributed by atoms with van der Waals surface area (Å²) >= 11 is 0. The van der Waals surface area contributed by atoms with Crippen molar-refractivity contribution >= 4 is 27.4 Å². The maximum atomic E-state index is 9.65. The Morgan fingerprint density at radius 2 is 2.35 bits per heavy atom. The van der Waals surface area contributed by atoms with Gasteiger partial charge in [0, 0.05) is 0 Å². The minimum Gasteiger partial charge on any atom is -0.479 e. The molecule has 0 bridgehead atoms. The number of nitrogens with zero attached hydrogens (tertiary/aromatic N) is 1. The Morgan fingerprint density at radius 3 is 3.00 bits per heavy atom. The molecule has 0 saturated heterocycles. The number of H-pyrrole nitrogens is 1. The molecular formula is C11H15N3O2S. The molecule has 0 aromatic carbocycles. The van der Waals surface area contributed by atoms with Gasteiger partial charge in [0.2, 0.25) is 0 Å². The van der Waals surface area contributed by atoms with Gasteiger partial charge in [0.25, 0.3) is 0 Å². The van der Waals surface area contributed by atoms with E-state index in [4.69, 9.17) is 10.1 Å². The molecular weight excluding hydrogens is 238 g/mol. The number of rotatable bonds is 2. The quantitative estimate of drug-likeness (QED) is 0.638. The zero-order chi connectivity index (χ0) is 12.6. The normalized spacial score (nSPS) is 19.7. The highest BCUT2D eigenvalue weighted by molar-refractivity contribution is 8.16. The Balaban J connectivity index is 2.73. The van der Waals surface area contributed by atoms with Gasteiger partial charge < -0.3 is 14.8 Å². The number of hydrogen-bond acceptors (Lipinski definition) is 4. The van der Waals surface area contributed by atoms with Crippen molar-refractivity contribution < 1.29 is 9.84 Å². The number of aliphatic hydroxyl groups is 1. The van der Waals surface area contributed by atoms with Crippen LogP contribution in [0.25, 0.3) is 12.0 Å². The van der Waals surface area contributed by atoms with E-state index in [0.717, 1.165) is 10.4 Å². The Labute approximate surface area is 101 Å². The van der Waals surface area contributed by atoms with Crippen molar-refractivity contribution in [2.45, 2.75) is 18.9 Å². The van der Waals surface area contributed by atoms with Crippen molar-refractivity contribution in [1.29, 1.82) is 5.41 Å². The first-order valence-electron chi connectivity index (χ1n) is 5.26. The number of aliphatic hydroxyl groups excluding tert-OH is 1. The van der Waals surface area contributed by atoms with Gasteiger partial charge in [-0.05, 0) is 31.0 Å². The summed E-state index contributed by atoms with van der Waals surface area (Å²) in [5, 5.41) is 19.4. The molecule has 2 heterocycles. The van der Waals surface area contributed by atoms with Crippen LogP contribution in [0.2, 0.25) is 0 Å². The molecule has 1 aliphatic rings. The summed E-state index contributed by atoms with van der Waals surface area (Å²) in [5.41, 5.74) is 0.0112. The summed E-state index contributed by atoms with van der Waals surface area (Å²) in [4.78, 5) is 8.45. The third-order valence-electron chi connectivity index (χ3n) is 2.56. The van der Waals surface area contributed by atoms with Gasteiger partial charge >= 0.3 is 5.95 Å². The van der Waals surface area contributed by atoms with Gasteiger partial charge in [-0.3, -0.25) is 5.41 Å². The van der Waals surface area contributed by atoms with E-state index in [-0.39, 0.29) is 27.3 Å². The first kappa shape index (κ1) is 11.9. The lowest BCUT2D eigenvalue weighted by Gasteiger charge is -2.02. The Morgan fingerprint density at radius 1 is 1.65 bits per heavy atom. The highest BCUT2D eigenvalue weighted by atomic mass is 32.2. The van der Waals surface area contributed by atoms with E-state index in [2.05, 4.69) is 16.2 Å². The SMILES string of the molecule is CCOC(O)=c1[nH]c2c(nc1=N)S(C)=C(C)C=2. The van der Waals surface area contributed by atoms with Crippen LogP contribution in [0.1, 0.15) is 13.8 Å². The van der Waals surface area contributed by atoms with Crippen LogP contribution in [-0.2, 0) is 4.74 Å². The monoisotopic (exact) mass is 253 g/mol. The predicted molar refractivity (Wildman–Crippen MR) is 68.3 cm³/mol. The van der Waals surface area contributed by atoms with Crippen LogP contribution in [0, 0.1) is 5.41 Å². The largest absolute Gasteiger partial charge is 0.479 e. The molecule has 1 aliphatic heterocycles. The minimum atomic E-state index is -0.276. The van der Waals surface area contributed by atoms with E-state index in [9.17, 15) is 5.11 Å². The zero-order valence-corrected chi connectivity index (χ0v) is 10.8. The van der Waals surface area contributed by atoms with Gasteiger partial charge in [0.1, 0.15) is 5.03 Å². The average molecular weight is 253 g/mol. The summed E-state index contributed by atoms with van der Waals surface area (Å²) in [5.74, 6) is -0.276. The molecule has 1 unspecified atom stereocenters. The molecule has 0 saturated carbocycles. The zero-order valence-electron chi connectivity index (χ0n) is 10.00. The van der Waals surface area contributed by atoms with E-state index in [0.29, 0.717) is 6.61 Å².